The maximum absolute atomic E-state index is 11.9. The van der Waals surface area contributed by atoms with E-state index in [9.17, 15) is 9.59 Å². The van der Waals surface area contributed by atoms with Crippen molar-refractivity contribution in [1.82, 2.24) is 5.32 Å². The van der Waals surface area contributed by atoms with Gasteiger partial charge in [-0.05, 0) is 37.5 Å². The van der Waals surface area contributed by atoms with Gasteiger partial charge >= 0.3 is 5.97 Å². The first-order valence-corrected chi connectivity index (χ1v) is 5.57. The number of aliphatic carboxylic acids is 1. The summed E-state index contributed by atoms with van der Waals surface area (Å²) in [6.07, 6.45) is 0.367. The number of hydrogen-bond acceptors (Lipinski definition) is 2. The van der Waals surface area contributed by atoms with Gasteiger partial charge in [0.15, 0.2) is 0 Å². The molecule has 0 aliphatic heterocycles. The van der Waals surface area contributed by atoms with E-state index in [1.54, 1.807) is 19.1 Å². The van der Waals surface area contributed by atoms with Crippen LogP contribution in [0.25, 0.3) is 0 Å². The number of carboxylic acids is 1. The minimum Gasteiger partial charge on any atom is -0.480 e. The number of rotatable bonds is 4. The Balaban J connectivity index is 2.90. The average molecular weight is 235 g/mol. The van der Waals surface area contributed by atoms with Crippen molar-refractivity contribution in [3.05, 3.63) is 34.9 Å². The lowest BCUT2D eigenvalue weighted by molar-refractivity contribution is -0.139. The number of carboxylic acid groups (broad SMARTS) is 1. The molecule has 1 aromatic carbocycles. The first-order chi connectivity index (χ1) is 7.97. The Kier molecular flexibility index (Phi) is 4.26. The molecule has 0 bridgehead atoms. The van der Waals surface area contributed by atoms with Crippen LogP contribution in [-0.2, 0) is 4.79 Å². The van der Waals surface area contributed by atoms with Gasteiger partial charge in [-0.15, -0.1) is 0 Å². The molecular weight excluding hydrogens is 218 g/mol. The maximum Gasteiger partial charge on any atom is 0.326 e. The Morgan fingerprint density at radius 1 is 1.35 bits per heavy atom. The standard InChI is InChI=1S/C13H17NO3/c1-4-11(13(16)17)14-12(15)10-7-5-6-8(2)9(10)3/h5-7,11H,4H2,1-3H3,(H,14,15)(H,16,17)/t11-/m0/s1. The van der Waals surface area contributed by atoms with E-state index >= 15 is 0 Å². The largest absolute Gasteiger partial charge is 0.480 e. The highest BCUT2D eigenvalue weighted by atomic mass is 16.4. The number of benzene rings is 1. The number of nitrogens with one attached hydrogen (secondary N) is 1. The van der Waals surface area contributed by atoms with Crippen molar-refractivity contribution in [2.24, 2.45) is 0 Å². The highest BCUT2D eigenvalue weighted by molar-refractivity contribution is 5.98. The van der Waals surface area contributed by atoms with Gasteiger partial charge in [-0.2, -0.15) is 0 Å². The summed E-state index contributed by atoms with van der Waals surface area (Å²) >= 11 is 0. The molecule has 0 aliphatic rings. The van der Waals surface area contributed by atoms with E-state index in [4.69, 9.17) is 5.11 Å². The van der Waals surface area contributed by atoms with Crippen molar-refractivity contribution in [2.75, 3.05) is 0 Å². The zero-order valence-corrected chi connectivity index (χ0v) is 10.3. The third-order valence-electron chi connectivity index (χ3n) is 2.86. The van der Waals surface area contributed by atoms with E-state index in [-0.39, 0.29) is 5.91 Å². The van der Waals surface area contributed by atoms with Crippen molar-refractivity contribution < 1.29 is 14.7 Å². The van der Waals surface area contributed by atoms with Crippen LogP contribution in [0.2, 0.25) is 0 Å². The molecule has 0 aromatic heterocycles. The summed E-state index contributed by atoms with van der Waals surface area (Å²) < 4.78 is 0. The monoisotopic (exact) mass is 235 g/mol. The molecule has 0 spiro atoms. The third-order valence-corrected chi connectivity index (χ3v) is 2.86. The average Bonchev–Trinajstić information content (AvgIpc) is 2.28. The van der Waals surface area contributed by atoms with Crippen LogP contribution in [0.3, 0.4) is 0 Å². The summed E-state index contributed by atoms with van der Waals surface area (Å²) in [5.41, 5.74) is 2.43. The fourth-order valence-corrected chi connectivity index (χ4v) is 1.57. The fourth-order valence-electron chi connectivity index (χ4n) is 1.57. The van der Waals surface area contributed by atoms with Gasteiger partial charge in [0.25, 0.3) is 5.91 Å². The quantitative estimate of drug-likeness (QED) is 0.837. The van der Waals surface area contributed by atoms with Crippen molar-refractivity contribution in [1.29, 1.82) is 0 Å². The Labute approximate surface area is 101 Å². The van der Waals surface area contributed by atoms with Gasteiger partial charge in [0.1, 0.15) is 6.04 Å². The van der Waals surface area contributed by atoms with Crippen molar-refractivity contribution in [2.45, 2.75) is 33.2 Å². The number of amides is 1. The predicted octanol–water partition coefficient (Wildman–Crippen LogP) is 1.90. The lowest BCUT2D eigenvalue weighted by Gasteiger charge is -2.14. The van der Waals surface area contributed by atoms with Crippen molar-refractivity contribution >= 4 is 11.9 Å². The molecule has 92 valence electrons. The molecule has 0 saturated carbocycles. The predicted molar refractivity (Wildman–Crippen MR) is 65.1 cm³/mol. The molecule has 17 heavy (non-hydrogen) atoms. The molecule has 4 heteroatoms. The van der Waals surface area contributed by atoms with E-state index in [2.05, 4.69) is 5.32 Å². The number of aryl methyl sites for hydroxylation is 1. The Morgan fingerprint density at radius 2 is 2.00 bits per heavy atom. The molecule has 0 saturated heterocycles. The van der Waals surface area contributed by atoms with E-state index in [0.29, 0.717) is 12.0 Å². The van der Waals surface area contributed by atoms with Gasteiger partial charge in [-0.1, -0.05) is 19.1 Å². The normalized spacial score (nSPS) is 11.9. The van der Waals surface area contributed by atoms with Crippen LogP contribution in [0.15, 0.2) is 18.2 Å². The fraction of sp³-hybridized carbons (Fsp3) is 0.385. The summed E-state index contributed by atoms with van der Waals surface area (Å²) in [6.45, 7) is 5.49. The molecule has 1 rings (SSSR count). The Morgan fingerprint density at radius 3 is 2.53 bits per heavy atom. The van der Waals surface area contributed by atoms with Gasteiger partial charge in [-0.25, -0.2) is 4.79 Å². The third kappa shape index (κ3) is 3.06. The number of carbonyl (C=O) groups excluding carboxylic acids is 1. The molecule has 0 heterocycles. The molecule has 0 radical (unpaired) electrons. The van der Waals surface area contributed by atoms with E-state index in [0.717, 1.165) is 11.1 Å². The highest BCUT2D eigenvalue weighted by Crippen LogP contribution is 2.12. The van der Waals surface area contributed by atoms with Crippen LogP contribution in [-0.4, -0.2) is 23.0 Å². The molecule has 0 fully saturated rings. The first kappa shape index (κ1) is 13.2. The Bertz CT molecular complexity index is 440. The lowest BCUT2D eigenvalue weighted by Crippen LogP contribution is -2.40. The summed E-state index contributed by atoms with van der Waals surface area (Å²) in [7, 11) is 0. The molecule has 1 aromatic rings. The van der Waals surface area contributed by atoms with Crippen LogP contribution in [0.4, 0.5) is 0 Å². The van der Waals surface area contributed by atoms with Gasteiger partial charge in [0, 0.05) is 5.56 Å². The molecule has 4 nitrogen and oxygen atoms in total. The molecule has 0 unspecified atom stereocenters. The second-order valence-electron chi connectivity index (χ2n) is 4.02. The molecular formula is C13H17NO3. The summed E-state index contributed by atoms with van der Waals surface area (Å²) in [5.74, 6) is -1.34. The Hall–Kier alpha value is -1.84. The lowest BCUT2D eigenvalue weighted by atomic mass is 10.0. The van der Waals surface area contributed by atoms with Crippen LogP contribution in [0.5, 0.6) is 0 Å². The molecule has 2 N–H and O–H groups in total. The summed E-state index contributed by atoms with van der Waals surface area (Å²) in [5, 5.41) is 11.4. The van der Waals surface area contributed by atoms with Crippen LogP contribution in [0, 0.1) is 13.8 Å². The smallest absolute Gasteiger partial charge is 0.326 e. The van der Waals surface area contributed by atoms with Gasteiger partial charge in [0.05, 0.1) is 0 Å². The van der Waals surface area contributed by atoms with E-state index < -0.39 is 12.0 Å². The maximum atomic E-state index is 11.9. The summed E-state index contributed by atoms with van der Waals surface area (Å²) in [6, 6.07) is 4.58. The zero-order chi connectivity index (χ0) is 13.0. The second kappa shape index (κ2) is 5.48. The summed E-state index contributed by atoms with van der Waals surface area (Å²) in [4.78, 5) is 22.8. The van der Waals surface area contributed by atoms with E-state index in [1.807, 2.05) is 19.9 Å². The van der Waals surface area contributed by atoms with Gasteiger partial charge in [0.2, 0.25) is 0 Å². The zero-order valence-electron chi connectivity index (χ0n) is 10.3. The van der Waals surface area contributed by atoms with Crippen LogP contribution in [0.1, 0.15) is 34.8 Å². The highest BCUT2D eigenvalue weighted by Gasteiger charge is 2.19. The van der Waals surface area contributed by atoms with Crippen LogP contribution < -0.4 is 5.32 Å². The topological polar surface area (TPSA) is 66.4 Å². The van der Waals surface area contributed by atoms with E-state index in [1.165, 1.54) is 0 Å². The first-order valence-electron chi connectivity index (χ1n) is 5.57. The van der Waals surface area contributed by atoms with Gasteiger partial charge in [-0.3, -0.25) is 4.79 Å². The second-order valence-corrected chi connectivity index (χ2v) is 4.02. The molecule has 1 atom stereocenters. The SMILES string of the molecule is CC[C@H](NC(=O)c1cccc(C)c1C)C(=O)O. The minimum absolute atomic E-state index is 0.333. The number of carbonyl (C=O) groups is 2. The number of hydrogen-bond donors (Lipinski definition) is 2. The molecule has 0 aliphatic carbocycles. The van der Waals surface area contributed by atoms with Gasteiger partial charge < -0.3 is 10.4 Å². The molecule has 1 amide bonds. The van der Waals surface area contributed by atoms with Crippen molar-refractivity contribution in [3.63, 3.8) is 0 Å². The van der Waals surface area contributed by atoms with Crippen LogP contribution >= 0.6 is 0 Å². The van der Waals surface area contributed by atoms with Crippen molar-refractivity contribution in [3.8, 4) is 0 Å². The minimum atomic E-state index is -1.01.